The van der Waals surface area contributed by atoms with Gasteiger partial charge < -0.3 is 5.32 Å². The summed E-state index contributed by atoms with van der Waals surface area (Å²) in [7, 11) is 0. The Morgan fingerprint density at radius 3 is 2.22 bits per heavy atom. The van der Waals surface area contributed by atoms with E-state index in [4.69, 9.17) is 0 Å². The Morgan fingerprint density at radius 2 is 1.70 bits per heavy atom. The van der Waals surface area contributed by atoms with Gasteiger partial charge >= 0.3 is 0 Å². The van der Waals surface area contributed by atoms with Gasteiger partial charge in [0.2, 0.25) is 5.91 Å². The van der Waals surface area contributed by atoms with Gasteiger partial charge in [-0.1, -0.05) is 20.8 Å². The summed E-state index contributed by atoms with van der Waals surface area (Å²) >= 11 is 1.52. The van der Waals surface area contributed by atoms with Crippen LogP contribution in [0.2, 0.25) is 0 Å². The molecule has 0 fully saturated rings. The molecule has 1 N–H and O–H groups in total. The molecule has 5 heteroatoms. The highest BCUT2D eigenvalue weighted by Gasteiger charge is 2.25. The van der Waals surface area contributed by atoms with Crippen LogP contribution in [0.4, 0.5) is 5.69 Å². The van der Waals surface area contributed by atoms with Crippen molar-refractivity contribution in [3.63, 3.8) is 0 Å². The van der Waals surface area contributed by atoms with E-state index < -0.39 is 0 Å². The zero-order valence-corrected chi connectivity index (χ0v) is 15.1. The van der Waals surface area contributed by atoms with Gasteiger partial charge in [0.15, 0.2) is 5.16 Å². The number of carbonyl (C=O) groups is 1. The Kier molecular flexibility index (Phi) is 5.42. The Bertz CT molecular complexity index is 676. The number of anilines is 1. The Morgan fingerprint density at radius 1 is 1.13 bits per heavy atom. The number of amides is 1. The van der Waals surface area contributed by atoms with Crippen LogP contribution in [0.25, 0.3) is 0 Å². The third-order valence-corrected chi connectivity index (χ3v) is 4.65. The van der Waals surface area contributed by atoms with Crippen molar-refractivity contribution >= 4 is 23.4 Å². The quantitative estimate of drug-likeness (QED) is 0.813. The largest absolute Gasteiger partial charge is 0.326 e. The van der Waals surface area contributed by atoms with Crippen LogP contribution in [0.3, 0.4) is 0 Å². The van der Waals surface area contributed by atoms with Crippen molar-refractivity contribution in [3.05, 3.63) is 41.7 Å². The van der Waals surface area contributed by atoms with E-state index in [1.807, 2.05) is 65.0 Å². The van der Waals surface area contributed by atoms with Crippen molar-refractivity contribution in [1.29, 1.82) is 0 Å². The van der Waals surface area contributed by atoms with Crippen molar-refractivity contribution in [3.8, 4) is 0 Å². The normalized spacial score (nSPS) is 11.3. The highest BCUT2D eigenvalue weighted by Crippen LogP contribution is 2.27. The molecule has 122 valence electrons. The average Bonchev–Trinajstić information content (AvgIpc) is 2.48. The molecule has 0 saturated heterocycles. The van der Waals surface area contributed by atoms with Gasteiger partial charge in [-0.3, -0.25) is 4.79 Å². The standard InChI is InChI=1S/C18H23N3OS/c1-6-18(4,5)16(22)21-14-7-9-15(10-8-14)23-17-19-12(2)11-13(3)20-17/h7-11H,6H2,1-5H3,(H,21,22). The molecule has 0 saturated carbocycles. The second-order valence-corrected chi connectivity index (χ2v) is 7.29. The van der Waals surface area contributed by atoms with E-state index in [2.05, 4.69) is 15.3 Å². The van der Waals surface area contributed by atoms with Gasteiger partial charge in [-0.2, -0.15) is 0 Å². The molecule has 0 radical (unpaired) electrons. The van der Waals surface area contributed by atoms with E-state index >= 15 is 0 Å². The topological polar surface area (TPSA) is 54.9 Å². The number of aryl methyl sites for hydroxylation is 2. The smallest absolute Gasteiger partial charge is 0.230 e. The predicted octanol–water partition coefficient (Wildman–Crippen LogP) is 4.62. The molecule has 0 unspecified atom stereocenters. The van der Waals surface area contributed by atoms with Crippen molar-refractivity contribution in [2.45, 2.75) is 51.1 Å². The molecule has 0 spiro atoms. The van der Waals surface area contributed by atoms with Gasteiger partial charge in [-0.15, -0.1) is 0 Å². The van der Waals surface area contributed by atoms with Gasteiger partial charge in [0.05, 0.1) is 0 Å². The molecule has 0 aliphatic heterocycles. The minimum atomic E-state index is -0.361. The first kappa shape index (κ1) is 17.5. The van der Waals surface area contributed by atoms with Crippen LogP contribution in [0.5, 0.6) is 0 Å². The van der Waals surface area contributed by atoms with Crippen LogP contribution in [0.1, 0.15) is 38.6 Å². The molecule has 1 heterocycles. The molecule has 2 rings (SSSR count). The summed E-state index contributed by atoms with van der Waals surface area (Å²) in [5, 5.41) is 3.71. The first-order valence-corrected chi connectivity index (χ1v) is 8.53. The van der Waals surface area contributed by atoms with E-state index in [-0.39, 0.29) is 11.3 Å². The summed E-state index contributed by atoms with van der Waals surface area (Å²) in [4.78, 5) is 22.1. The zero-order chi connectivity index (χ0) is 17.0. The van der Waals surface area contributed by atoms with Gasteiger partial charge in [0.25, 0.3) is 0 Å². The number of rotatable bonds is 5. The number of carbonyl (C=O) groups excluding carboxylic acids is 1. The minimum absolute atomic E-state index is 0.0399. The maximum atomic E-state index is 12.2. The molecule has 23 heavy (non-hydrogen) atoms. The average molecular weight is 329 g/mol. The second-order valence-electron chi connectivity index (χ2n) is 6.25. The van der Waals surface area contributed by atoms with E-state index in [0.29, 0.717) is 0 Å². The number of hydrogen-bond donors (Lipinski definition) is 1. The van der Waals surface area contributed by atoms with Crippen LogP contribution in [-0.2, 0) is 4.79 Å². The lowest BCUT2D eigenvalue weighted by Gasteiger charge is -2.21. The number of nitrogens with zero attached hydrogens (tertiary/aromatic N) is 2. The van der Waals surface area contributed by atoms with Gasteiger partial charge in [-0.25, -0.2) is 9.97 Å². The fourth-order valence-electron chi connectivity index (χ4n) is 1.91. The summed E-state index contributed by atoms with van der Waals surface area (Å²) in [6, 6.07) is 9.72. The first-order valence-electron chi connectivity index (χ1n) is 7.72. The number of benzene rings is 1. The lowest BCUT2D eigenvalue weighted by molar-refractivity contribution is -0.124. The van der Waals surface area contributed by atoms with Crippen molar-refractivity contribution in [2.75, 3.05) is 5.32 Å². The lowest BCUT2D eigenvalue weighted by Crippen LogP contribution is -2.29. The van der Waals surface area contributed by atoms with Crippen LogP contribution in [0, 0.1) is 19.3 Å². The van der Waals surface area contributed by atoms with Gasteiger partial charge in [0, 0.05) is 27.4 Å². The molecular formula is C18H23N3OS. The van der Waals surface area contributed by atoms with Crippen LogP contribution < -0.4 is 5.32 Å². The molecular weight excluding hydrogens is 306 g/mol. The third-order valence-electron chi connectivity index (χ3n) is 3.78. The summed E-state index contributed by atoms with van der Waals surface area (Å²) in [5.41, 5.74) is 2.37. The molecule has 1 aromatic heterocycles. The highest BCUT2D eigenvalue weighted by molar-refractivity contribution is 7.99. The van der Waals surface area contributed by atoms with Gasteiger partial charge in [-0.05, 0) is 62.4 Å². The Balaban J connectivity index is 2.06. The van der Waals surface area contributed by atoms with Crippen LogP contribution in [-0.4, -0.2) is 15.9 Å². The number of aromatic nitrogens is 2. The summed E-state index contributed by atoms with van der Waals surface area (Å²) < 4.78 is 0. The Labute approximate surface area is 142 Å². The van der Waals surface area contributed by atoms with Crippen molar-refractivity contribution in [1.82, 2.24) is 9.97 Å². The molecule has 1 amide bonds. The molecule has 0 atom stereocenters. The van der Waals surface area contributed by atoms with E-state index in [1.54, 1.807) is 0 Å². The maximum Gasteiger partial charge on any atom is 0.230 e. The van der Waals surface area contributed by atoms with Crippen molar-refractivity contribution in [2.24, 2.45) is 5.41 Å². The van der Waals surface area contributed by atoms with E-state index in [0.717, 1.165) is 33.5 Å². The van der Waals surface area contributed by atoms with Gasteiger partial charge in [0.1, 0.15) is 0 Å². The van der Waals surface area contributed by atoms with E-state index in [1.165, 1.54) is 11.8 Å². The number of hydrogen-bond acceptors (Lipinski definition) is 4. The third kappa shape index (κ3) is 4.79. The first-order chi connectivity index (χ1) is 10.8. The molecule has 2 aromatic rings. The van der Waals surface area contributed by atoms with Crippen LogP contribution in [0.15, 0.2) is 40.4 Å². The molecule has 0 aliphatic rings. The molecule has 1 aromatic carbocycles. The molecule has 0 bridgehead atoms. The fraction of sp³-hybridized carbons (Fsp3) is 0.389. The fourth-order valence-corrected chi connectivity index (χ4v) is 2.77. The maximum absolute atomic E-state index is 12.2. The zero-order valence-electron chi connectivity index (χ0n) is 14.3. The summed E-state index contributed by atoms with van der Waals surface area (Å²) in [6.45, 7) is 9.84. The monoisotopic (exact) mass is 329 g/mol. The summed E-state index contributed by atoms with van der Waals surface area (Å²) in [5.74, 6) is 0.0399. The van der Waals surface area contributed by atoms with E-state index in [9.17, 15) is 4.79 Å². The lowest BCUT2D eigenvalue weighted by atomic mass is 9.89. The minimum Gasteiger partial charge on any atom is -0.326 e. The predicted molar refractivity (Wildman–Crippen MR) is 94.8 cm³/mol. The molecule has 0 aliphatic carbocycles. The summed E-state index contributed by atoms with van der Waals surface area (Å²) in [6.07, 6.45) is 0.802. The second kappa shape index (κ2) is 7.13. The number of nitrogens with one attached hydrogen (secondary N) is 1. The molecule has 4 nitrogen and oxygen atoms in total. The Hall–Kier alpha value is -1.88. The van der Waals surface area contributed by atoms with Crippen molar-refractivity contribution < 1.29 is 4.79 Å². The highest BCUT2D eigenvalue weighted by atomic mass is 32.2. The van der Waals surface area contributed by atoms with Crippen LogP contribution >= 0.6 is 11.8 Å². The SMILES string of the molecule is CCC(C)(C)C(=O)Nc1ccc(Sc2nc(C)cc(C)n2)cc1.